The monoisotopic (exact) mass is 343 g/mol. The number of urea groups is 1. The largest absolute Gasteiger partial charge is 0.478 e. The van der Waals surface area contributed by atoms with Crippen molar-refractivity contribution in [3.05, 3.63) is 35.4 Å². The van der Waals surface area contributed by atoms with Crippen LogP contribution >= 0.6 is 0 Å². The molecule has 0 heterocycles. The van der Waals surface area contributed by atoms with Gasteiger partial charge in [0.15, 0.2) is 0 Å². The van der Waals surface area contributed by atoms with Gasteiger partial charge < -0.3 is 15.7 Å². The zero-order valence-electron chi connectivity index (χ0n) is 13.0. The van der Waals surface area contributed by atoms with Crippen LogP contribution in [-0.4, -0.2) is 43.9 Å². The van der Waals surface area contributed by atoms with Crippen LogP contribution in [0.1, 0.15) is 29.8 Å². The third-order valence-electron chi connectivity index (χ3n) is 2.73. The van der Waals surface area contributed by atoms with E-state index in [1.165, 1.54) is 12.1 Å². The number of sulfonamides is 1. The Bertz CT molecular complexity index is 641. The summed E-state index contributed by atoms with van der Waals surface area (Å²) in [6, 6.07) is 5.40. The maximum atomic E-state index is 11.6. The van der Waals surface area contributed by atoms with E-state index in [1.54, 1.807) is 26.0 Å². The summed E-state index contributed by atoms with van der Waals surface area (Å²) in [6.45, 7) is 3.63. The van der Waals surface area contributed by atoms with Gasteiger partial charge in [-0.2, -0.15) is 0 Å². The molecule has 0 bridgehead atoms. The predicted molar refractivity (Wildman–Crippen MR) is 85.7 cm³/mol. The van der Waals surface area contributed by atoms with Gasteiger partial charge in [0.05, 0.1) is 11.3 Å². The molecule has 0 fully saturated rings. The van der Waals surface area contributed by atoms with Gasteiger partial charge >= 0.3 is 12.0 Å². The molecule has 0 aromatic heterocycles. The van der Waals surface area contributed by atoms with Gasteiger partial charge in [0.2, 0.25) is 10.0 Å². The van der Waals surface area contributed by atoms with E-state index in [-0.39, 0.29) is 30.4 Å². The number of amides is 2. The Labute approximate surface area is 135 Å². The number of carbonyl (C=O) groups is 2. The number of carbonyl (C=O) groups excluding carboxylic acids is 1. The minimum absolute atomic E-state index is 0.00810. The Kier molecular flexibility index (Phi) is 6.98. The van der Waals surface area contributed by atoms with Gasteiger partial charge in [-0.05, 0) is 31.5 Å². The summed E-state index contributed by atoms with van der Waals surface area (Å²) in [6.07, 6.45) is 0. The topological polar surface area (TPSA) is 125 Å². The summed E-state index contributed by atoms with van der Waals surface area (Å²) in [4.78, 5) is 22.3. The molecule has 0 unspecified atom stereocenters. The van der Waals surface area contributed by atoms with E-state index in [0.29, 0.717) is 0 Å². The van der Waals surface area contributed by atoms with Crippen LogP contribution < -0.4 is 15.4 Å². The van der Waals surface area contributed by atoms with Crippen LogP contribution in [-0.2, 0) is 16.6 Å². The first-order chi connectivity index (χ1) is 10.7. The number of aromatic carboxylic acids is 1. The van der Waals surface area contributed by atoms with Crippen LogP contribution in [0.4, 0.5) is 4.79 Å². The van der Waals surface area contributed by atoms with Crippen LogP contribution in [0.2, 0.25) is 0 Å². The molecule has 0 aliphatic carbocycles. The molecule has 4 N–H and O–H groups in total. The zero-order valence-corrected chi connectivity index (χ0v) is 13.8. The van der Waals surface area contributed by atoms with E-state index in [1.807, 2.05) is 0 Å². The Morgan fingerprint density at radius 3 is 2.26 bits per heavy atom. The first kappa shape index (κ1) is 18.9. The second-order valence-corrected chi connectivity index (χ2v) is 7.08. The molecular formula is C14H21N3O5S. The Morgan fingerprint density at radius 1 is 1.13 bits per heavy atom. The Balaban J connectivity index is 2.33. The fourth-order valence-corrected chi connectivity index (χ4v) is 2.93. The smallest absolute Gasteiger partial charge is 0.335 e. The first-order valence-electron chi connectivity index (χ1n) is 7.03. The van der Waals surface area contributed by atoms with Crippen LogP contribution in [0.5, 0.6) is 0 Å². The van der Waals surface area contributed by atoms with Gasteiger partial charge in [0, 0.05) is 19.1 Å². The van der Waals surface area contributed by atoms with Crippen molar-refractivity contribution in [2.24, 2.45) is 0 Å². The lowest BCUT2D eigenvalue weighted by Crippen LogP contribution is -2.40. The second-order valence-electron chi connectivity index (χ2n) is 5.20. The third kappa shape index (κ3) is 7.61. The van der Waals surface area contributed by atoms with Crippen LogP contribution in [0, 0.1) is 0 Å². The molecule has 2 amide bonds. The SMILES string of the molecule is CC(C)NS(=O)(=O)CCNC(=O)NCc1ccc(C(=O)O)cc1. The Hall–Kier alpha value is -2.13. The molecule has 0 spiro atoms. The van der Waals surface area contributed by atoms with E-state index < -0.39 is 22.0 Å². The van der Waals surface area contributed by atoms with E-state index in [4.69, 9.17) is 5.11 Å². The number of carboxylic acid groups (broad SMARTS) is 1. The van der Waals surface area contributed by atoms with Gasteiger partial charge in [0.1, 0.15) is 0 Å². The zero-order chi connectivity index (χ0) is 17.5. The average molecular weight is 343 g/mol. The normalized spacial score (nSPS) is 11.3. The summed E-state index contributed by atoms with van der Waals surface area (Å²) in [5.74, 6) is -1.22. The fourth-order valence-electron chi connectivity index (χ4n) is 1.73. The molecule has 0 saturated heterocycles. The number of benzene rings is 1. The van der Waals surface area contributed by atoms with Crippen molar-refractivity contribution in [1.29, 1.82) is 0 Å². The molecule has 23 heavy (non-hydrogen) atoms. The van der Waals surface area contributed by atoms with Crippen molar-refractivity contribution in [3.8, 4) is 0 Å². The molecule has 8 nitrogen and oxygen atoms in total. The molecule has 0 radical (unpaired) electrons. The van der Waals surface area contributed by atoms with Gasteiger partial charge in [-0.15, -0.1) is 0 Å². The molecule has 0 saturated carbocycles. The summed E-state index contributed by atoms with van der Waals surface area (Å²) < 4.78 is 25.5. The minimum atomic E-state index is -3.40. The van der Waals surface area contributed by atoms with Crippen molar-refractivity contribution in [1.82, 2.24) is 15.4 Å². The van der Waals surface area contributed by atoms with Crippen molar-refractivity contribution >= 4 is 22.0 Å². The average Bonchev–Trinajstić information content (AvgIpc) is 2.44. The van der Waals surface area contributed by atoms with Crippen LogP contribution in [0.15, 0.2) is 24.3 Å². The number of rotatable bonds is 8. The minimum Gasteiger partial charge on any atom is -0.478 e. The lowest BCUT2D eigenvalue weighted by atomic mass is 10.1. The maximum absolute atomic E-state index is 11.6. The summed E-state index contributed by atoms with van der Waals surface area (Å²) in [5.41, 5.74) is 0.903. The fraction of sp³-hybridized carbons (Fsp3) is 0.429. The number of carboxylic acids is 1. The molecule has 1 rings (SSSR count). The summed E-state index contributed by atoms with van der Waals surface area (Å²) in [5, 5.41) is 13.8. The lowest BCUT2D eigenvalue weighted by molar-refractivity contribution is 0.0697. The highest BCUT2D eigenvalue weighted by Gasteiger charge is 2.12. The molecule has 9 heteroatoms. The van der Waals surface area contributed by atoms with E-state index >= 15 is 0 Å². The highest BCUT2D eigenvalue weighted by atomic mass is 32.2. The standard InChI is InChI=1S/C14H21N3O5S/c1-10(2)17-23(21,22)8-7-15-14(20)16-9-11-3-5-12(6-4-11)13(18)19/h3-6,10,17H,7-9H2,1-2H3,(H,18,19)(H2,15,16,20). The summed E-state index contributed by atoms with van der Waals surface area (Å²) >= 11 is 0. The van der Waals surface area contributed by atoms with Crippen molar-refractivity contribution < 1.29 is 23.1 Å². The molecule has 0 aliphatic rings. The summed E-state index contributed by atoms with van der Waals surface area (Å²) in [7, 11) is -3.40. The molecular weight excluding hydrogens is 322 g/mol. The predicted octanol–water partition coefficient (Wildman–Crippen LogP) is 0.512. The number of hydrogen-bond donors (Lipinski definition) is 4. The van der Waals surface area contributed by atoms with Crippen molar-refractivity contribution in [2.45, 2.75) is 26.4 Å². The van der Waals surface area contributed by atoms with Gasteiger partial charge in [-0.25, -0.2) is 22.7 Å². The highest BCUT2D eigenvalue weighted by molar-refractivity contribution is 7.89. The third-order valence-corrected chi connectivity index (χ3v) is 4.30. The molecule has 1 aromatic rings. The molecule has 1 aromatic carbocycles. The highest BCUT2D eigenvalue weighted by Crippen LogP contribution is 2.04. The quantitative estimate of drug-likeness (QED) is 0.547. The van der Waals surface area contributed by atoms with Gasteiger partial charge in [-0.3, -0.25) is 0 Å². The van der Waals surface area contributed by atoms with Crippen molar-refractivity contribution in [2.75, 3.05) is 12.3 Å². The maximum Gasteiger partial charge on any atom is 0.335 e. The lowest BCUT2D eigenvalue weighted by Gasteiger charge is -2.11. The van der Waals surface area contributed by atoms with Crippen molar-refractivity contribution in [3.63, 3.8) is 0 Å². The van der Waals surface area contributed by atoms with E-state index in [0.717, 1.165) is 5.56 Å². The van der Waals surface area contributed by atoms with E-state index in [9.17, 15) is 18.0 Å². The van der Waals surface area contributed by atoms with Gasteiger partial charge in [0.25, 0.3) is 0 Å². The first-order valence-corrected chi connectivity index (χ1v) is 8.69. The Morgan fingerprint density at radius 2 is 1.74 bits per heavy atom. The molecule has 0 atom stereocenters. The second kappa shape index (κ2) is 8.49. The molecule has 0 aliphatic heterocycles. The van der Waals surface area contributed by atoms with Crippen LogP contribution in [0.3, 0.4) is 0 Å². The number of hydrogen-bond acceptors (Lipinski definition) is 4. The number of nitrogens with one attached hydrogen (secondary N) is 3. The van der Waals surface area contributed by atoms with Gasteiger partial charge in [-0.1, -0.05) is 12.1 Å². The molecule has 128 valence electrons. The van der Waals surface area contributed by atoms with Crippen LogP contribution in [0.25, 0.3) is 0 Å². The van der Waals surface area contributed by atoms with E-state index in [2.05, 4.69) is 15.4 Å².